The highest BCUT2D eigenvalue weighted by molar-refractivity contribution is 7.87. The molecule has 84 valence electrons. The van der Waals surface area contributed by atoms with Crippen LogP contribution in [0.4, 0.5) is 17.1 Å². The second kappa shape index (κ2) is 3.06. The summed E-state index contributed by atoms with van der Waals surface area (Å²) >= 11 is 0. The standard InChI is InChI=1S/C6H8F4O3S/c1-13-5(6(7,8)9)2-4(3-5)14(10,11)12/h4H,2-3H2,1H3. The summed E-state index contributed by atoms with van der Waals surface area (Å²) in [6, 6.07) is 0. The van der Waals surface area contributed by atoms with Crippen LogP contribution in [-0.2, 0) is 15.0 Å². The van der Waals surface area contributed by atoms with Gasteiger partial charge in [-0.1, -0.05) is 0 Å². The Labute approximate surface area is 78.3 Å². The molecule has 0 atom stereocenters. The van der Waals surface area contributed by atoms with Gasteiger partial charge < -0.3 is 4.74 Å². The highest BCUT2D eigenvalue weighted by Crippen LogP contribution is 2.50. The van der Waals surface area contributed by atoms with Gasteiger partial charge >= 0.3 is 16.4 Å². The van der Waals surface area contributed by atoms with Gasteiger partial charge in [-0.3, -0.25) is 0 Å². The fraction of sp³-hybridized carbons (Fsp3) is 1.00. The van der Waals surface area contributed by atoms with Crippen LogP contribution in [0, 0.1) is 0 Å². The third kappa shape index (κ3) is 1.72. The van der Waals surface area contributed by atoms with Crippen LogP contribution in [0.3, 0.4) is 0 Å². The number of hydrogen-bond donors (Lipinski definition) is 0. The molecule has 0 aromatic rings. The third-order valence-corrected chi connectivity index (χ3v) is 3.55. The molecule has 1 aliphatic carbocycles. The maximum absolute atomic E-state index is 12.3. The molecule has 0 heterocycles. The Kier molecular flexibility index (Phi) is 2.56. The van der Waals surface area contributed by atoms with Gasteiger partial charge in [0.1, 0.15) is 0 Å². The minimum Gasteiger partial charge on any atom is -0.369 e. The van der Waals surface area contributed by atoms with Crippen molar-refractivity contribution in [3.05, 3.63) is 0 Å². The lowest BCUT2D eigenvalue weighted by atomic mass is 9.79. The molecule has 1 aliphatic rings. The minimum atomic E-state index is -4.89. The van der Waals surface area contributed by atoms with Crippen LogP contribution in [0.15, 0.2) is 0 Å². The van der Waals surface area contributed by atoms with E-state index in [9.17, 15) is 25.5 Å². The molecule has 0 unspecified atom stereocenters. The van der Waals surface area contributed by atoms with Crippen LogP contribution < -0.4 is 0 Å². The van der Waals surface area contributed by atoms with E-state index in [1.807, 2.05) is 0 Å². The van der Waals surface area contributed by atoms with Gasteiger partial charge in [-0.05, 0) is 0 Å². The lowest BCUT2D eigenvalue weighted by Gasteiger charge is -2.45. The molecular formula is C6H8F4O3S. The summed E-state index contributed by atoms with van der Waals surface area (Å²) in [6.07, 6.45) is -6.40. The van der Waals surface area contributed by atoms with E-state index in [4.69, 9.17) is 0 Å². The summed E-state index contributed by atoms with van der Waals surface area (Å²) in [4.78, 5) is 0. The van der Waals surface area contributed by atoms with Crippen LogP contribution in [0.1, 0.15) is 12.8 Å². The normalized spacial score (nSPS) is 33.9. The van der Waals surface area contributed by atoms with Crippen molar-refractivity contribution < 1.29 is 30.2 Å². The first-order valence-corrected chi connectivity index (χ1v) is 5.12. The van der Waals surface area contributed by atoms with Crippen LogP contribution in [0.2, 0.25) is 0 Å². The Bertz CT molecular complexity index is 314. The molecule has 3 nitrogen and oxygen atoms in total. The molecule has 14 heavy (non-hydrogen) atoms. The average Bonchev–Trinajstić information content (AvgIpc) is 1.78. The van der Waals surface area contributed by atoms with E-state index in [-0.39, 0.29) is 0 Å². The molecule has 0 bridgehead atoms. The van der Waals surface area contributed by atoms with Gasteiger partial charge in [0.2, 0.25) is 0 Å². The monoisotopic (exact) mass is 236 g/mol. The number of halogens is 4. The molecule has 1 fully saturated rings. The van der Waals surface area contributed by atoms with Gasteiger partial charge in [0.25, 0.3) is 0 Å². The molecule has 8 heteroatoms. The van der Waals surface area contributed by atoms with Crippen molar-refractivity contribution in [3.63, 3.8) is 0 Å². The van der Waals surface area contributed by atoms with Gasteiger partial charge in [0.15, 0.2) is 5.60 Å². The Morgan fingerprint density at radius 1 is 1.36 bits per heavy atom. The van der Waals surface area contributed by atoms with Gasteiger partial charge in [0.05, 0.1) is 5.25 Å². The van der Waals surface area contributed by atoms with E-state index < -0.39 is 40.1 Å². The van der Waals surface area contributed by atoms with E-state index in [2.05, 4.69) is 4.74 Å². The summed E-state index contributed by atoms with van der Waals surface area (Å²) in [5, 5.41) is -1.59. The molecule has 0 aliphatic heterocycles. The van der Waals surface area contributed by atoms with Crippen LogP contribution in [0.25, 0.3) is 0 Å². The summed E-state index contributed by atoms with van der Waals surface area (Å²) in [7, 11) is -4.06. The molecule has 0 amide bonds. The topological polar surface area (TPSA) is 43.4 Å². The van der Waals surface area contributed by atoms with E-state index in [0.29, 0.717) is 0 Å². The first-order chi connectivity index (χ1) is 6.12. The van der Waals surface area contributed by atoms with Gasteiger partial charge in [-0.15, -0.1) is 3.89 Å². The molecule has 0 saturated heterocycles. The maximum Gasteiger partial charge on any atom is 0.417 e. The molecule has 1 rings (SSSR count). The van der Waals surface area contributed by atoms with E-state index in [1.165, 1.54) is 0 Å². The smallest absolute Gasteiger partial charge is 0.369 e. The zero-order valence-electron chi connectivity index (χ0n) is 7.14. The molecule has 0 spiro atoms. The Morgan fingerprint density at radius 2 is 1.79 bits per heavy atom. The van der Waals surface area contributed by atoms with Crippen molar-refractivity contribution in [2.45, 2.75) is 29.9 Å². The molecule has 0 N–H and O–H groups in total. The van der Waals surface area contributed by atoms with Crippen molar-refractivity contribution in [1.29, 1.82) is 0 Å². The van der Waals surface area contributed by atoms with Crippen molar-refractivity contribution in [1.82, 2.24) is 0 Å². The van der Waals surface area contributed by atoms with E-state index in [1.54, 1.807) is 0 Å². The zero-order chi connectivity index (χ0) is 11.2. The number of rotatable bonds is 2. The molecule has 0 aromatic carbocycles. The number of hydrogen-bond acceptors (Lipinski definition) is 3. The van der Waals surface area contributed by atoms with Gasteiger partial charge in [-0.25, -0.2) is 0 Å². The predicted octanol–water partition coefficient (Wildman–Crippen LogP) is 1.40. The Balaban J connectivity index is 2.77. The second-order valence-electron chi connectivity index (χ2n) is 3.20. The Hall–Kier alpha value is -0.370. The molecule has 1 saturated carbocycles. The van der Waals surface area contributed by atoms with E-state index in [0.717, 1.165) is 7.11 Å². The van der Waals surface area contributed by atoms with Crippen molar-refractivity contribution in [2.24, 2.45) is 0 Å². The van der Waals surface area contributed by atoms with Crippen molar-refractivity contribution in [2.75, 3.05) is 7.11 Å². The number of alkyl halides is 3. The summed E-state index contributed by atoms with van der Waals surface area (Å²) in [6.45, 7) is 0. The molecule has 0 aromatic heterocycles. The summed E-state index contributed by atoms with van der Waals surface area (Å²) in [5.74, 6) is 0. The maximum atomic E-state index is 12.3. The molecular weight excluding hydrogens is 228 g/mol. The fourth-order valence-electron chi connectivity index (χ4n) is 1.39. The summed E-state index contributed by atoms with van der Waals surface area (Å²) < 4.78 is 73.8. The predicted molar refractivity (Wildman–Crippen MR) is 38.8 cm³/mol. The van der Waals surface area contributed by atoms with Crippen LogP contribution in [0.5, 0.6) is 0 Å². The lowest BCUT2D eigenvalue weighted by Crippen LogP contribution is -2.60. The quantitative estimate of drug-likeness (QED) is 0.537. The third-order valence-electron chi connectivity index (χ3n) is 2.42. The van der Waals surface area contributed by atoms with Gasteiger partial charge in [-0.2, -0.15) is 21.6 Å². The zero-order valence-corrected chi connectivity index (χ0v) is 7.95. The largest absolute Gasteiger partial charge is 0.417 e. The van der Waals surface area contributed by atoms with E-state index >= 15 is 0 Å². The summed E-state index contributed by atoms with van der Waals surface area (Å²) in [5.41, 5.74) is -2.49. The van der Waals surface area contributed by atoms with Crippen molar-refractivity contribution >= 4 is 10.2 Å². The second-order valence-corrected chi connectivity index (χ2v) is 4.82. The number of ether oxygens (including phenoxy) is 1. The van der Waals surface area contributed by atoms with Crippen LogP contribution in [-0.4, -0.2) is 32.6 Å². The highest BCUT2D eigenvalue weighted by Gasteiger charge is 2.65. The Morgan fingerprint density at radius 3 is 2.00 bits per heavy atom. The van der Waals surface area contributed by atoms with Gasteiger partial charge in [0, 0.05) is 20.0 Å². The first-order valence-electron chi connectivity index (χ1n) is 3.68. The first kappa shape index (κ1) is 11.7. The SMILES string of the molecule is COC1(C(F)(F)F)CC(S(=O)(=O)F)C1. The molecule has 0 radical (unpaired) electrons. The fourth-order valence-corrected chi connectivity index (χ4v) is 2.33. The minimum absolute atomic E-state index is 0.828. The average molecular weight is 236 g/mol. The van der Waals surface area contributed by atoms with Crippen LogP contribution >= 0.6 is 0 Å². The lowest BCUT2D eigenvalue weighted by molar-refractivity contribution is -0.294. The van der Waals surface area contributed by atoms with Crippen molar-refractivity contribution in [3.8, 4) is 0 Å². The number of methoxy groups -OCH3 is 1. The highest BCUT2D eigenvalue weighted by atomic mass is 32.3.